The smallest absolute Gasteiger partial charge is 0.000427 e. The summed E-state index contributed by atoms with van der Waals surface area (Å²) in [4.78, 5) is 2.54. The van der Waals surface area contributed by atoms with E-state index in [2.05, 4.69) is 39.5 Å². The number of hydrogen-bond acceptors (Lipinski definition) is 2. The van der Waals surface area contributed by atoms with Crippen molar-refractivity contribution in [3.8, 4) is 0 Å². The maximum Gasteiger partial charge on any atom is 0.000427 e. The van der Waals surface area contributed by atoms with Crippen molar-refractivity contribution < 1.29 is 0 Å². The molecule has 0 atom stereocenters. The molecule has 0 saturated heterocycles. The first-order valence-corrected chi connectivity index (χ1v) is 6.33. The van der Waals surface area contributed by atoms with Crippen molar-refractivity contribution in [2.24, 2.45) is 17.1 Å². The van der Waals surface area contributed by atoms with Crippen molar-refractivity contribution in [1.82, 2.24) is 4.90 Å². The van der Waals surface area contributed by atoms with E-state index in [1.165, 1.54) is 32.5 Å². The van der Waals surface area contributed by atoms with E-state index < -0.39 is 0 Å². The highest BCUT2D eigenvalue weighted by Gasteiger charge is 2.15. The molecule has 0 bridgehead atoms. The van der Waals surface area contributed by atoms with Gasteiger partial charge in [0.15, 0.2) is 0 Å². The van der Waals surface area contributed by atoms with Crippen LogP contribution in [0.2, 0.25) is 0 Å². The minimum atomic E-state index is 0.317. The molecule has 0 unspecified atom stereocenters. The van der Waals surface area contributed by atoms with Crippen LogP contribution in [0.1, 0.15) is 47.5 Å². The van der Waals surface area contributed by atoms with Crippen molar-refractivity contribution in [3.63, 3.8) is 0 Å². The summed E-state index contributed by atoms with van der Waals surface area (Å²) in [6.45, 7) is 15.7. The van der Waals surface area contributed by atoms with E-state index in [0.29, 0.717) is 5.41 Å². The lowest BCUT2D eigenvalue weighted by molar-refractivity contribution is 0.231. The molecule has 2 nitrogen and oxygen atoms in total. The Labute approximate surface area is 96.2 Å². The van der Waals surface area contributed by atoms with Gasteiger partial charge >= 0.3 is 0 Å². The second-order valence-electron chi connectivity index (χ2n) is 5.76. The van der Waals surface area contributed by atoms with Crippen molar-refractivity contribution in [1.29, 1.82) is 0 Å². The van der Waals surface area contributed by atoms with Crippen molar-refractivity contribution >= 4 is 0 Å². The Morgan fingerprint density at radius 1 is 1.27 bits per heavy atom. The third-order valence-corrected chi connectivity index (χ3v) is 2.95. The van der Waals surface area contributed by atoms with E-state index in [1.54, 1.807) is 0 Å². The molecule has 0 aromatic rings. The van der Waals surface area contributed by atoms with Crippen LogP contribution in [0.25, 0.3) is 0 Å². The summed E-state index contributed by atoms with van der Waals surface area (Å²) in [5, 5.41) is 0. The van der Waals surface area contributed by atoms with Crippen molar-refractivity contribution in [3.05, 3.63) is 0 Å². The lowest BCUT2D eigenvalue weighted by Crippen LogP contribution is -2.30. The molecule has 0 radical (unpaired) electrons. The molecule has 0 aromatic heterocycles. The Balaban J connectivity index is 3.72. The first kappa shape index (κ1) is 14.9. The molecule has 0 aliphatic carbocycles. The molecule has 0 rings (SSSR count). The maximum atomic E-state index is 5.72. The Bertz CT molecular complexity index is 153. The van der Waals surface area contributed by atoms with Crippen LogP contribution in [0.4, 0.5) is 0 Å². The van der Waals surface area contributed by atoms with E-state index in [-0.39, 0.29) is 0 Å². The van der Waals surface area contributed by atoms with Crippen LogP contribution >= 0.6 is 0 Å². The molecule has 0 saturated carbocycles. The third-order valence-electron chi connectivity index (χ3n) is 2.95. The van der Waals surface area contributed by atoms with Crippen LogP contribution in [0.15, 0.2) is 0 Å². The fourth-order valence-electron chi connectivity index (χ4n) is 1.78. The summed E-state index contributed by atoms with van der Waals surface area (Å²) >= 11 is 0. The maximum absolute atomic E-state index is 5.72. The minimum Gasteiger partial charge on any atom is -0.330 e. The van der Waals surface area contributed by atoms with Gasteiger partial charge in [-0.05, 0) is 43.8 Å². The van der Waals surface area contributed by atoms with E-state index in [1.807, 2.05) is 0 Å². The molecule has 92 valence electrons. The van der Waals surface area contributed by atoms with Crippen LogP contribution in [-0.2, 0) is 0 Å². The van der Waals surface area contributed by atoms with Gasteiger partial charge < -0.3 is 10.6 Å². The molecule has 0 aliphatic rings. The molecule has 0 aromatic carbocycles. The van der Waals surface area contributed by atoms with Gasteiger partial charge in [0, 0.05) is 6.54 Å². The number of nitrogens with zero attached hydrogens (tertiary/aromatic N) is 1. The molecule has 0 amide bonds. The molecule has 2 heteroatoms. The van der Waals surface area contributed by atoms with Gasteiger partial charge in [-0.25, -0.2) is 0 Å². The van der Waals surface area contributed by atoms with E-state index >= 15 is 0 Å². The van der Waals surface area contributed by atoms with Gasteiger partial charge in [-0.15, -0.1) is 0 Å². The number of rotatable bonds is 8. The summed E-state index contributed by atoms with van der Waals surface area (Å²) in [5.74, 6) is 0.771. The second kappa shape index (κ2) is 7.24. The van der Waals surface area contributed by atoms with Gasteiger partial charge in [-0.3, -0.25) is 0 Å². The zero-order valence-corrected chi connectivity index (χ0v) is 11.3. The average Bonchev–Trinajstić information content (AvgIpc) is 2.15. The van der Waals surface area contributed by atoms with Crippen LogP contribution in [0.5, 0.6) is 0 Å². The predicted octanol–water partition coefficient (Wildman–Crippen LogP) is 2.73. The first-order valence-electron chi connectivity index (χ1n) is 6.33. The average molecular weight is 214 g/mol. The summed E-state index contributed by atoms with van der Waals surface area (Å²) in [7, 11) is 0. The van der Waals surface area contributed by atoms with Gasteiger partial charge in [0.2, 0.25) is 0 Å². The molecular weight excluding hydrogens is 184 g/mol. The fourth-order valence-corrected chi connectivity index (χ4v) is 1.78. The van der Waals surface area contributed by atoms with Gasteiger partial charge in [-0.2, -0.15) is 0 Å². The van der Waals surface area contributed by atoms with E-state index in [4.69, 9.17) is 5.73 Å². The van der Waals surface area contributed by atoms with Crippen LogP contribution < -0.4 is 5.73 Å². The molecule has 0 aliphatic heterocycles. The largest absolute Gasteiger partial charge is 0.330 e. The van der Waals surface area contributed by atoms with E-state index in [0.717, 1.165) is 12.5 Å². The van der Waals surface area contributed by atoms with Gasteiger partial charge in [0.25, 0.3) is 0 Å². The predicted molar refractivity (Wildman–Crippen MR) is 69.0 cm³/mol. The molecule has 2 N–H and O–H groups in total. The summed E-state index contributed by atoms with van der Waals surface area (Å²) in [6.07, 6.45) is 2.50. The lowest BCUT2D eigenvalue weighted by atomic mass is 9.88. The first-order chi connectivity index (χ1) is 6.91. The topological polar surface area (TPSA) is 29.3 Å². The summed E-state index contributed by atoms with van der Waals surface area (Å²) < 4.78 is 0. The van der Waals surface area contributed by atoms with Gasteiger partial charge in [-0.1, -0.05) is 34.6 Å². The lowest BCUT2D eigenvalue weighted by Gasteiger charge is -2.26. The normalized spacial score (nSPS) is 12.8. The molecular formula is C13H30N2. The standard InChI is InChI=1S/C13H30N2/c1-6-15(10-12(2)3)9-7-8-13(4,5)11-14/h12H,6-11,14H2,1-5H3. The number of hydrogen-bond donors (Lipinski definition) is 1. The van der Waals surface area contributed by atoms with Gasteiger partial charge in [0.1, 0.15) is 0 Å². The highest BCUT2D eigenvalue weighted by molar-refractivity contribution is 4.70. The highest BCUT2D eigenvalue weighted by Crippen LogP contribution is 2.20. The fraction of sp³-hybridized carbons (Fsp3) is 1.00. The Kier molecular flexibility index (Phi) is 7.20. The van der Waals surface area contributed by atoms with E-state index in [9.17, 15) is 0 Å². The van der Waals surface area contributed by atoms with Crippen LogP contribution in [-0.4, -0.2) is 31.1 Å². The Morgan fingerprint density at radius 3 is 2.27 bits per heavy atom. The minimum absolute atomic E-state index is 0.317. The Hall–Kier alpha value is -0.0800. The highest BCUT2D eigenvalue weighted by atomic mass is 15.1. The summed E-state index contributed by atoms with van der Waals surface area (Å²) in [5.41, 5.74) is 6.04. The zero-order chi connectivity index (χ0) is 11.9. The Morgan fingerprint density at radius 2 is 1.87 bits per heavy atom. The molecule has 0 heterocycles. The van der Waals surface area contributed by atoms with Crippen LogP contribution in [0, 0.1) is 11.3 Å². The van der Waals surface area contributed by atoms with Crippen molar-refractivity contribution in [2.75, 3.05) is 26.2 Å². The van der Waals surface area contributed by atoms with Gasteiger partial charge in [0.05, 0.1) is 0 Å². The van der Waals surface area contributed by atoms with Crippen molar-refractivity contribution in [2.45, 2.75) is 47.5 Å². The SMILES string of the molecule is CCN(CCCC(C)(C)CN)CC(C)C. The summed E-state index contributed by atoms with van der Waals surface area (Å²) in [6, 6.07) is 0. The monoisotopic (exact) mass is 214 g/mol. The second-order valence-corrected chi connectivity index (χ2v) is 5.76. The molecule has 0 fully saturated rings. The molecule has 0 spiro atoms. The third kappa shape index (κ3) is 7.80. The number of nitrogens with two attached hydrogens (primary N) is 1. The quantitative estimate of drug-likeness (QED) is 0.673. The molecule has 15 heavy (non-hydrogen) atoms. The zero-order valence-electron chi connectivity index (χ0n) is 11.3. The van der Waals surface area contributed by atoms with Crippen LogP contribution in [0.3, 0.4) is 0 Å².